The van der Waals surface area contributed by atoms with E-state index in [1.807, 2.05) is 43.3 Å². The molecule has 0 saturated carbocycles. The number of hydrogen-bond acceptors (Lipinski definition) is 4. The molecule has 3 aromatic carbocycles. The second-order valence-corrected chi connectivity index (χ2v) is 8.81. The lowest BCUT2D eigenvalue weighted by molar-refractivity contribution is -0.133. The molecule has 0 unspecified atom stereocenters. The summed E-state index contributed by atoms with van der Waals surface area (Å²) in [5, 5.41) is 0.449. The molecule has 1 heterocycles. The summed E-state index contributed by atoms with van der Waals surface area (Å²) < 4.78 is 19.0. The molecule has 0 bridgehead atoms. The Morgan fingerprint density at radius 2 is 1.70 bits per heavy atom. The first-order valence-electron chi connectivity index (χ1n) is 11.8. The molecule has 6 nitrogen and oxygen atoms in total. The van der Waals surface area contributed by atoms with Crippen molar-refractivity contribution in [1.29, 1.82) is 0 Å². The molecule has 4 rings (SSSR count). The second-order valence-electron chi connectivity index (χ2n) is 8.81. The van der Waals surface area contributed by atoms with E-state index in [0.717, 1.165) is 11.1 Å². The van der Waals surface area contributed by atoms with Crippen LogP contribution in [0.1, 0.15) is 27.0 Å². The molecular weight excluding hydrogens is 471 g/mol. The molecular formula is C30H27FN2O4. The first-order valence-corrected chi connectivity index (χ1v) is 11.8. The standard InChI is InChI=1S/C30H27FN2O4/c1-3-15-32(30(36)23-10-12-25(31)13-11-23)19-28(34)33(17-22-7-5-4-6-8-22)18-24-20-37-27-14-9-21(2)16-26(27)29(24)35/h3-14,16,20H,1,15,17-19H2,2H3. The van der Waals surface area contributed by atoms with Gasteiger partial charge in [0.25, 0.3) is 5.91 Å². The highest BCUT2D eigenvalue weighted by molar-refractivity contribution is 5.96. The molecule has 37 heavy (non-hydrogen) atoms. The maximum Gasteiger partial charge on any atom is 0.254 e. The van der Waals surface area contributed by atoms with E-state index in [4.69, 9.17) is 4.42 Å². The maximum absolute atomic E-state index is 13.6. The largest absolute Gasteiger partial charge is 0.464 e. The van der Waals surface area contributed by atoms with Gasteiger partial charge in [-0.25, -0.2) is 4.39 Å². The molecule has 0 aliphatic heterocycles. The van der Waals surface area contributed by atoms with Gasteiger partial charge in [0.05, 0.1) is 23.8 Å². The molecule has 0 N–H and O–H groups in total. The van der Waals surface area contributed by atoms with Gasteiger partial charge in [-0.1, -0.05) is 48.0 Å². The minimum Gasteiger partial charge on any atom is -0.464 e. The average molecular weight is 499 g/mol. The van der Waals surface area contributed by atoms with E-state index in [-0.39, 0.29) is 43.1 Å². The van der Waals surface area contributed by atoms with Gasteiger partial charge in [-0.2, -0.15) is 0 Å². The van der Waals surface area contributed by atoms with Crippen LogP contribution in [0.4, 0.5) is 4.39 Å². The summed E-state index contributed by atoms with van der Waals surface area (Å²) in [5.74, 6) is -1.24. The number of carbonyl (C=O) groups is 2. The number of amides is 2. The molecule has 0 aliphatic rings. The van der Waals surface area contributed by atoms with Gasteiger partial charge in [0.15, 0.2) is 5.43 Å². The van der Waals surface area contributed by atoms with Crippen molar-refractivity contribution < 1.29 is 18.4 Å². The van der Waals surface area contributed by atoms with E-state index in [1.54, 1.807) is 12.1 Å². The Bertz CT molecular complexity index is 1480. The lowest BCUT2D eigenvalue weighted by Crippen LogP contribution is -2.43. The zero-order valence-electron chi connectivity index (χ0n) is 20.5. The lowest BCUT2D eigenvalue weighted by Gasteiger charge is -2.27. The highest BCUT2D eigenvalue weighted by Crippen LogP contribution is 2.16. The fourth-order valence-corrected chi connectivity index (χ4v) is 4.05. The number of benzene rings is 3. The van der Waals surface area contributed by atoms with Crippen LogP contribution in [0.2, 0.25) is 0 Å². The van der Waals surface area contributed by atoms with E-state index in [9.17, 15) is 18.8 Å². The molecule has 0 aliphatic carbocycles. The summed E-state index contributed by atoms with van der Waals surface area (Å²) in [4.78, 5) is 42.7. The van der Waals surface area contributed by atoms with Crippen LogP contribution in [0.15, 0.2) is 101 Å². The van der Waals surface area contributed by atoms with Crippen molar-refractivity contribution in [2.45, 2.75) is 20.0 Å². The highest BCUT2D eigenvalue weighted by atomic mass is 19.1. The smallest absolute Gasteiger partial charge is 0.254 e. The molecule has 2 amide bonds. The number of aryl methyl sites for hydroxylation is 1. The number of nitrogens with zero attached hydrogens (tertiary/aromatic N) is 2. The summed E-state index contributed by atoms with van der Waals surface area (Å²) in [6.07, 6.45) is 2.91. The van der Waals surface area contributed by atoms with Gasteiger partial charge in [0.2, 0.25) is 5.91 Å². The van der Waals surface area contributed by atoms with Crippen molar-refractivity contribution >= 4 is 22.8 Å². The highest BCUT2D eigenvalue weighted by Gasteiger charge is 2.23. The van der Waals surface area contributed by atoms with Crippen LogP contribution < -0.4 is 5.43 Å². The van der Waals surface area contributed by atoms with E-state index in [0.29, 0.717) is 16.5 Å². The van der Waals surface area contributed by atoms with Crippen LogP contribution >= 0.6 is 0 Å². The molecule has 1 aromatic heterocycles. The SMILES string of the molecule is C=CCN(CC(=O)N(Cc1ccccc1)Cc1coc2ccc(C)cc2c1=O)C(=O)c1ccc(F)cc1. The third-order valence-electron chi connectivity index (χ3n) is 5.98. The second kappa shape index (κ2) is 11.5. The van der Waals surface area contributed by atoms with Gasteiger partial charge in [-0.05, 0) is 48.9 Å². The number of fused-ring (bicyclic) bond motifs is 1. The summed E-state index contributed by atoms with van der Waals surface area (Å²) >= 11 is 0. The fraction of sp³-hybridized carbons (Fsp3) is 0.167. The minimum atomic E-state index is -0.457. The number of carbonyl (C=O) groups excluding carboxylic acids is 2. The van der Waals surface area contributed by atoms with Gasteiger partial charge in [0, 0.05) is 18.7 Å². The Hall–Kier alpha value is -4.52. The Morgan fingerprint density at radius 3 is 2.41 bits per heavy atom. The number of rotatable bonds is 9. The van der Waals surface area contributed by atoms with E-state index in [2.05, 4.69) is 6.58 Å². The predicted octanol–water partition coefficient (Wildman–Crippen LogP) is 5.10. The zero-order valence-corrected chi connectivity index (χ0v) is 20.5. The third-order valence-corrected chi connectivity index (χ3v) is 5.98. The summed E-state index contributed by atoms with van der Waals surface area (Å²) in [6, 6.07) is 19.9. The van der Waals surface area contributed by atoms with Crippen LogP contribution in [-0.4, -0.2) is 34.7 Å². The summed E-state index contributed by atoms with van der Waals surface area (Å²) in [7, 11) is 0. The van der Waals surface area contributed by atoms with Crippen LogP contribution in [-0.2, 0) is 17.9 Å². The van der Waals surface area contributed by atoms with Crippen LogP contribution in [0.5, 0.6) is 0 Å². The maximum atomic E-state index is 13.6. The van der Waals surface area contributed by atoms with Crippen molar-refractivity contribution in [3.05, 3.63) is 130 Å². The Balaban J connectivity index is 1.63. The van der Waals surface area contributed by atoms with Crippen LogP contribution in [0.25, 0.3) is 11.0 Å². The third kappa shape index (κ3) is 6.19. The van der Waals surface area contributed by atoms with E-state index >= 15 is 0 Å². The van der Waals surface area contributed by atoms with Crippen LogP contribution in [0, 0.1) is 12.7 Å². The van der Waals surface area contributed by atoms with Crippen molar-refractivity contribution in [2.24, 2.45) is 0 Å². The van der Waals surface area contributed by atoms with E-state index < -0.39 is 11.7 Å². The minimum absolute atomic E-state index is 0.00656. The average Bonchev–Trinajstić information content (AvgIpc) is 2.90. The normalized spacial score (nSPS) is 10.8. The topological polar surface area (TPSA) is 70.8 Å². The Labute approximate surface area is 214 Å². The summed E-state index contributed by atoms with van der Waals surface area (Å²) in [5.41, 5.74) is 2.66. The van der Waals surface area contributed by atoms with Gasteiger partial charge in [0.1, 0.15) is 17.9 Å². The molecule has 0 atom stereocenters. The predicted molar refractivity (Wildman–Crippen MR) is 140 cm³/mol. The first-order chi connectivity index (χ1) is 17.9. The van der Waals surface area contributed by atoms with Gasteiger partial charge in [-0.15, -0.1) is 6.58 Å². The van der Waals surface area contributed by atoms with Gasteiger partial charge >= 0.3 is 0 Å². The van der Waals surface area contributed by atoms with Gasteiger partial charge < -0.3 is 14.2 Å². The summed E-state index contributed by atoms with van der Waals surface area (Å²) in [6.45, 7) is 5.71. The van der Waals surface area contributed by atoms with Gasteiger partial charge in [-0.3, -0.25) is 14.4 Å². The molecule has 0 saturated heterocycles. The van der Waals surface area contributed by atoms with Crippen molar-refractivity contribution in [2.75, 3.05) is 13.1 Å². The van der Waals surface area contributed by atoms with Crippen molar-refractivity contribution in [3.63, 3.8) is 0 Å². The molecule has 0 radical (unpaired) electrons. The Kier molecular flexibility index (Phi) is 7.93. The fourth-order valence-electron chi connectivity index (χ4n) is 4.05. The molecule has 0 fully saturated rings. The number of halogens is 1. The first kappa shape index (κ1) is 25.6. The van der Waals surface area contributed by atoms with Crippen molar-refractivity contribution in [3.8, 4) is 0 Å². The zero-order chi connectivity index (χ0) is 26.4. The molecule has 188 valence electrons. The lowest BCUT2D eigenvalue weighted by atomic mass is 10.1. The monoisotopic (exact) mass is 498 g/mol. The number of hydrogen-bond donors (Lipinski definition) is 0. The molecule has 7 heteroatoms. The Morgan fingerprint density at radius 1 is 0.973 bits per heavy atom. The van der Waals surface area contributed by atoms with Crippen LogP contribution in [0.3, 0.4) is 0 Å². The molecule has 0 spiro atoms. The quantitative estimate of drug-likeness (QED) is 0.301. The molecule has 4 aromatic rings. The van der Waals surface area contributed by atoms with E-state index in [1.165, 1.54) is 46.4 Å². The van der Waals surface area contributed by atoms with Crippen molar-refractivity contribution in [1.82, 2.24) is 9.80 Å².